The summed E-state index contributed by atoms with van der Waals surface area (Å²) in [5, 5.41) is 2.16. The van der Waals surface area contributed by atoms with Gasteiger partial charge in [0, 0.05) is 0 Å². The van der Waals surface area contributed by atoms with E-state index in [1.165, 1.54) is 24.5 Å². The van der Waals surface area contributed by atoms with Crippen LogP contribution in [0.3, 0.4) is 0 Å². The third-order valence-electron chi connectivity index (χ3n) is 4.63. The Morgan fingerprint density at radius 2 is 1.94 bits per heavy atom. The van der Waals surface area contributed by atoms with Crippen LogP contribution in [0.1, 0.15) is 16.9 Å². The molecule has 1 saturated heterocycles. The summed E-state index contributed by atoms with van der Waals surface area (Å²) in [6, 6.07) is 13.5. The number of furan rings is 1. The SMILES string of the molecule is O=C1NC(=O)N(Cc2ccco2)C(=O)C1=Cc1ccc(OCc2cccc(F)c2)c(Br)c1. The van der Waals surface area contributed by atoms with Gasteiger partial charge in [-0.15, -0.1) is 0 Å². The van der Waals surface area contributed by atoms with Gasteiger partial charge in [0.05, 0.1) is 17.3 Å². The quantitative estimate of drug-likeness (QED) is 0.401. The lowest BCUT2D eigenvalue weighted by Crippen LogP contribution is -2.53. The molecule has 1 aliphatic rings. The zero-order valence-electron chi connectivity index (χ0n) is 16.5. The summed E-state index contributed by atoms with van der Waals surface area (Å²) >= 11 is 3.40. The Balaban J connectivity index is 1.51. The van der Waals surface area contributed by atoms with E-state index in [9.17, 15) is 18.8 Å². The molecule has 9 heteroatoms. The number of rotatable bonds is 6. The van der Waals surface area contributed by atoms with Crippen LogP contribution < -0.4 is 10.1 Å². The van der Waals surface area contributed by atoms with Gasteiger partial charge in [-0.2, -0.15) is 0 Å². The number of ether oxygens (including phenoxy) is 1. The van der Waals surface area contributed by atoms with Gasteiger partial charge < -0.3 is 9.15 Å². The minimum absolute atomic E-state index is 0.0984. The zero-order chi connectivity index (χ0) is 22.7. The smallest absolute Gasteiger partial charge is 0.331 e. The van der Waals surface area contributed by atoms with Crippen LogP contribution in [0, 0.1) is 5.82 Å². The summed E-state index contributed by atoms with van der Waals surface area (Å²) < 4.78 is 24.8. The van der Waals surface area contributed by atoms with Crippen molar-refractivity contribution in [3.63, 3.8) is 0 Å². The summed E-state index contributed by atoms with van der Waals surface area (Å²) in [7, 11) is 0. The Labute approximate surface area is 190 Å². The second kappa shape index (κ2) is 9.19. The van der Waals surface area contributed by atoms with Crippen molar-refractivity contribution in [1.82, 2.24) is 10.2 Å². The van der Waals surface area contributed by atoms with Crippen molar-refractivity contribution in [2.24, 2.45) is 0 Å². The number of nitrogens with zero attached hydrogens (tertiary/aromatic N) is 1. The van der Waals surface area contributed by atoms with Crippen LogP contribution in [-0.4, -0.2) is 22.7 Å². The molecule has 2 heterocycles. The van der Waals surface area contributed by atoms with E-state index in [1.807, 2.05) is 0 Å². The molecule has 0 saturated carbocycles. The van der Waals surface area contributed by atoms with Crippen LogP contribution in [0.25, 0.3) is 6.08 Å². The first-order valence-electron chi connectivity index (χ1n) is 9.49. The molecule has 7 nitrogen and oxygen atoms in total. The lowest BCUT2D eigenvalue weighted by molar-refractivity contribution is -0.130. The van der Waals surface area contributed by atoms with Gasteiger partial charge in [0.2, 0.25) is 0 Å². The summed E-state index contributed by atoms with van der Waals surface area (Å²) in [6.45, 7) is 0.0698. The second-order valence-electron chi connectivity index (χ2n) is 6.90. The molecule has 4 amide bonds. The first kappa shape index (κ1) is 21.5. The minimum Gasteiger partial charge on any atom is -0.488 e. The monoisotopic (exact) mass is 498 g/mol. The highest BCUT2D eigenvalue weighted by atomic mass is 79.9. The number of benzene rings is 2. The molecule has 2 aromatic carbocycles. The maximum Gasteiger partial charge on any atom is 0.331 e. The van der Waals surface area contributed by atoms with Gasteiger partial charge in [-0.1, -0.05) is 18.2 Å². The highest BCUT2D eigenvalue weighted by molar-refractivity contribution is 9.10. The van der Waals surface area contributed by atoms with Gasteiger partial charge in [-0.05, 0) is 69.5 Å². The molecule has 0 aliphatic carbocycles. The molecule has 3 aromatic rings. The number of carbonyl (C=O) groups excluding carboxylic acids is 3. The van der Waals surface area contributed by atoms with Crippen molar-refractivity contribution < 1.29 is 27.9 Å². The molecule has 1 aromatic heterocycles. The standard InChI is InChI=1S/C23H16BrFN2O5/c24-19-11-14(6-7-20(19)32-13-15-3-1-4-16(25)9-15)10-18-21(28)26-23(30)27(22(18)29)12-17-5-2-8-31-17/h1-11H,12-13H2,(H,26,28,30). The van der Waals surface area contributed by atoms with Crippen molar-refractivity contribution in [2.45, 2.75) is 13.2 Å². The summed E-state index contributed by atoms with van der Waals surface area (Å²) in [5.74, 6) is -0.937. The molecule has 0 unspecified atom stereocenters. The van der Waals surface area contributed by atoms with Gasteiger partial charge in [0.15, 0.2) is 0 Å². The molecule has 0 atom stereocenters. The number of urea groups is 1. The van der Waals surface area contributed by atoms with Crippen LogP contribution in [0.4, 0.5) is 9.18 Å². The van der Waals surface area contributed by atoms with Crippen molar-refractivity contribution >= 4 is 39.9 Å². The van der Waals surface area contributed by atoms with Crippen LogP contribution in [0.5, 0.6) is 5.75 Å². The highest BCUT2D eigenvalue weighted by Gasteiger charge is 2.36. The molecule has 162 valence electrons. The van der Waals surface area contributed by atoms with Crippen molar-refractivity contribution in [1.29, 1.82) is 0 Å². The number of hydrogen-bond acceptors (Lipinski definition) is 5. The number of imide groups is 2. The maximum absolute atomic E-state index is 13.3. The first-order valence-corrected chi connectivity index (χ1v) is 10.3. The fourth-order valence-electron chi connectivity index (χ4n) is 3.07. The Morgan fingerprint density at radius 3 is 2.66 bits per heavy atom. The number of barbiturate groups is 1. The summed E-state index contributed by atoms with van der Waals surface area (Å²) in [5.41, 5.74) is 1.03. The third kappa shape index (κ3) is 4.78. The molecule has 0 radical (unpaired) electrons. The lowest BCUT2D eigenvalue weighted by atomic mass is 10.1. The van der Waals surface area contributed by atoms with E-state index in [2.05, 4.69) is 21.2 Å². The van der Waals surface area contributed by atoms with Gasteiger partial charge in [0.1, 0.15) is 29.5 Å². The minimum atomic E-state index is -0.809. The average Bonchev–Trinajstić information content (AvgIpc) is 3.27. The van der Waals surface area contributed by atoms with E-state index in [-0.39, 0.29) is 24.5 Å². The predicted molar refractivity (Wildman–Crippen MR) is 116 cm³/mol. The largest absolute Gasteiger partial charge is 0.488 e. The number of nitrogens with one attached hydrogen (secondary N) is 1. The number of halogens is 2. The van der Waals surface area contributed by atoms with E-state index in [0.717, 1.165) is 4.90 Å². The maximum atomic E-state index is 13.3. The summed E-state index contributed by atoms with van der Waals surface area (Å²) in [4.78, 5) is 38.1. The topological polar surface area (TPSA) is 88.9 Å². The van der Waals surface area contributed by atoms with Crippen LogP contribution in [0.2, 0.25) is 0 Å². The van der Waals surface area contributed by atoms with Crippen molar-refractivity contribution in [3.8, 4) is 5.75 Å². The van der Waals surface area contributed by atoms with Crippen molar-refractivity contribution in [3.05, 3.63) is 93.6 Å². The van der Waals surface area contributed by atoms with E-state index in [0.29, 0.717) is 27.1 Å². The second-order valence-corrected chi connectivity index (χ2v) is 7.75. The fourth-order valence-corrected chi connectivity index (χ4v) is 3.59. The van der Waals surface area contributed by atoms with Gasteiger partial charge in [-0.3, -0.25) is 19.8 Å². The molecule has 1 aliphatic heterocycles. The van der Waals surface area contributed by atoms with Crippen molar-refractivity contribution in [2.75, 3.05) is 0 Å². The number of carbonyl (C=O) groups is 3. The Morgan fingerprint density at radius 1 is 1.09 bits per heavy atom. The molecule has 1 fully saturated rings. The molecule has 0 bridgehead atoms. The first-order chi connectivity index (χ1) is 15.4. The fraction of sp³-hybridized carbons (Fsp3) is 0.0870. The van der Waals surface area contributed by atoms with Gasteiger partial charge in [0.25, 0.3) is 11.8 Å². The molecular formula is C23H16BrFN2O5. The Kier molecular flexibility index (Phi) is 6.18. The lowest BCUT2D eigenvalue weighted by Gasteiger charge is -2.25. The Bertz CT molecular complexity index is 1220. The van der Waals surface area contributed by atoms with Gasteiger partial charge in [-0.25, -0.2) is 9.18 Å². The Hall–Kier alpha value is -3.72. The molecular weight excluding hydrogens is 483 g/mol. The predicted octanol–water partition coefficient (Wildman–Crippen LogP) is 4.42. The normalized spacial score (nSPS) is 15.2. The van der Waals surface area contributed by atoms with Crippen LogP contribution >= 0.6 is 15.9 Å². The average molecular weight is 499 g/mol. The van der Waals surface area contributed by atoms with E-state index >= 15 is 0 Å². The zero-order valence-corrected chi connectivity index (χ0v) is 18.1. The van der Waals surface area contributed by atoms with Crippen LogP contribution in [0.15, 0.2) is 75.3 Å². The third-order valence-corrected chi connectivity index (χ3v) is 5.25. The van der Waals surface area contributed by atoms with E-state index in [4.69, 9.17) is 9.15 Å². The summed E-state index contributed by atoms with van der Waals surface area (Å²) in [6.07, 6.45) is 2.82. The number of hydrogen-bond donors (Lipinski definition) is 1. The van der Waals surface area contributed by atoms with E-state index < -0.39 is 17.8 Å². The molecule has 1 N–H and O–H groups in total. The highest BCUT2D eigenvalue weighted by Crippen LogP contribution is 2.28. The molecule has 4 rings (SSSR count). The van der Waals surface area contributed by atoms with Gasteiger partial charge >= 0.3 is 6.03 Å². The van der Waals surface area contributed by atoms with Crippen LogP contribution in [-0.2, 0) is 22.7 Å². The molecule has 0 spiro atoms. The van der Waals surface area contributed by atoms with E-state index in [1.54, 1.807) is 42.5 Å². The number of amides is 4. The molecule has 32 heavy (non-hydrogen) atoms.